The quantitative estimate of drug-likeness (QED) is 0.802. The van der Waals surface area contributed by atoms with Crippen LogP contribution in [0.3, 0.4) is 0 Å². The third-order valence-electron chi connectivity index (χ3n) is 2.75. The van der Waals surface area contributed by atoms with E-state index in [0.29, 0.717) is 5.92 Å². The third kappa shape index (κ3) is 3.35. The van der Waals surface area contributed by atoms with Gasteiger partial charge in [0.2, 0.25) is 0 Å². The van der Waals surface area contributed by atoms with Gasteiger partial charge in [0.1, 0.15) is 0 Å². The van der Waals surface area contributed by atoms with Crippen molar-refractivity contribution in [3.63, 3.8) is 0 Å². The molecule has 0 bridgehead atoms. The molecule has 0 atom stereocenters. The van der Waals surface area contributed by atoms with Crippen LogP contribution in [0, 0.1) is 5.92 Å². The van der Waals surface area contributed by atoms with Gasteiger partial charge < -0.3 is 5.11 Å². The molecule has 0 spiro atoms. The van der Waals surface area contributed by atoms with Crippen molar-refractivity contribution in [3.05, 3.63) is 35.4 Å². The fraction of sp³-hybridized carbons (Fsp3) is 0.571. The molecule has 0 aliphatic rings. The second-order valence-electron chi connectivity index (χ2n) is 5.34. The van der Waals surface area contributed by atoms with Crippen LogP contribution >= 0.6 is 0 Å². The van der Waals surface area contributed by atoms with Crippen LogP contribution in [0.15, 0.2) is 24.3 Å². The molecule has 0 aliphatic carbocycles. The van der Waals surface area contributed by atoms with Crippen LogP contribution in [-0.2, 0) is 11.8 Å². The van der Waals surface area contributed by atoms with Crippen molar-refractivity contribution >= 4 is 0 Å². The van der Waals surface area contributed by atoms with E-state index in [1.54, 1.807) is 0 Å². The molecule has 84 valence electrons. The summed E-state index contributed by atoms with van der Waals surface area (Å²) < 4.78 is 0. The van der Waals surface area contributed by atoms with Crippen molar-refractivity contribution in [3.8, 4) is 0 Å². The van der Waals surface area contributed by atoms with Gasteiger partial charge >= 0.3 is 0 Å². The summed E-state index contributed by atoms with van der Waals surface area (Å²) in [5.74, 6) is 0.678. The highest BCUT2D eigenvalue weighted by Crippen LogP contribution is 2.23. The lowest BCUT2D eigenvalue weighted by Gasteiger charge is -2.23. The maximum Gasteiger partial charge on any atom is 0.0522 e. The molecule has 1 aromatic carbocycles. The Bertz CT molecular complexity index is 313. The molecule has 0 radical (unpaired) electrons. The van der Waals surface area contributed by atoms with Crippen molar-refractivity contribution in [1.82, 2.24) is 0 Å². The second-order valence-corrected chi connectivity index (χ2v) is 5.34. The number of hydrogen-bond donors (Lipinski definition) is 1. The monoisotopic (exact) mass is 206 g/mol. The van der Waals surface area contributed by atoms with Crippen LogP contribution in [0.4, 0.5) is 0 Å². The zero-order valence-corrected chi connectivity index (χ0v) is 10.2. The summed E-state index contributed by atoms with van der Waals surface area (Å²) in [7, 11) is 0. The summed E-state index contributed by atoms with van der Waals surface area (Å²) in [6.45, 7) is 8.79. The Morgan fingerprint density at radius 3 is 2.47 bits per heavy atom. The minimum Gasteiger partial charge on any atom is -0.395 e. The van der Waals surface area contributed by atoms with Crippen molar-refractivity contribution in [2.75, 3.05) is 6.61 Å². The molecule has 0 saturated carbocycles. The smallest absolute Gasteiger partial charge is 0.0522 e. The Hall–Kier alpha value is -0.820. The molecule has 1 nitrogen and oxygen atoms in total. The summed E-state index contributed by atoms with van der Waals surface area (Å²) in [4.78, 5) is 0. The highest BCUT2D eigenvalue weighted by molar-refractivity contribution is 5.29. The van der Waals surface area contributed by atoms with E-state index in [1.807, 2.05) is 0 Å². The van der Waals surface area contributed by atoms with Crippen molar-refractivity contribution in [2.45, 2.75) is 39.5 Å². The lowest BCUT2D eigenvalue weighted by Crippen LogP contribution is -2.22. The fourth-order valence-corrected chi connectivity index (χ4v) is 1.68. The molecule has 1 N–H and O–H groups in total. The Morgan fingerprint density at radius 1 is 1.27 bits per heavy atom. The lowest BCUT2D eigenvalue weighted by atomic mass is 9.84. The van der Waals surface area contributed by atoms with Crippen LogP contribution in [0.25, 0.3) is 0 Å². The van der Waals surface area contributed by atoms with Crippen LogP contribution in [0.5, 0.6) is 0 Å². The minimum atomic E-state index is -0.132. The van der Waals surface area contributed by atoms with Crippen LogP contribution in [-0.4, -0.2) is 11.7 Å². The van der Waals surface area contributed by atoms with Crippen LogP contribution < -0.4 is 0 Å². The molecule has 15 heavy (non-hydrogen) atoms. The Balaban J connectivity index is 2.92. The van der Waals surface area contributed by atoms with Gasteiger partial charge in [0.05, 0.1) is 6.61 Å². The number of aliphatic hydroxyl groups excluding tert-OH is 1. The normalized spacial score (nSPS) is 12.1. The zero-order chi connectivity index (χ0) is 11.5. The molecule has 0 amide bonds. The average molecular weight is 206 g/mol. The first-order valence-electron chi connectivity index (χ1n) is 5.66. The SMILES string of the molecule is CC(C)Cc1cccc(C(C)(C)CO)c1. The van der Waals surface area contributed by atoms with Gasteiger partial charge in [-0.2, -0.15) is 0 Å². The van der Waals surface area contributed by atoms with E-state index in [4.69, 9.17) is 0 Å². The molecule has 1 aromatic rings. The largest absolute Gasteiger partial charge is 0.395 e. The Morgan fingerprint density at radius 2 is 1.93 bits per heavy atom. The predicted octanol–water partition coefficient (Wildman–Crippen LogP) is 3.16. The summed E-state index contributed by atoms with van der Waals surface area (Å²) in [6, 6.07) is 8.57. The zero-order valence-electron chi connectivity index (χ0n) is 10.2. The molecular formula is C14H22O. The molecule has 0 fully saturated rings. The maximum atomic E-state index is 9.32. The predicted molar refractivity (Wildman–Crippen MR) is 65.1 cm³/mol. The molecular weight excluding hydrogens is 184 g/mol. The van der Waals surface area contributed by atoms with E-state index < -0.39 is 0 Å². The number of hydrogen-bond acceptors (Lipinski definition) is 1. The molecule has 0 aliphatic heterocycles. The summed E-state index contributed by atoms with van der Waals surface area (Å²) in [5.41, 5.74) is 2.46. The van der Waals surface area contributed by atoms with E-state index in [0.717, 1.165) is 6.42 Å². The summed E-state index contributed by atoms with van der Waals surface area (Å²) in [5, 5.41) is 9.32. The van der Waals surface area contributed by atoms with Gasteiger partial charge in [-0.1, -0.05) is 52.0 Å². The summed E-state index contributed by atoms with van der Waals surface area (Å²) >= 11 is 0. The minimum absolute atomic E-state index is 0.132. The van der Waals surface area contributed by atoms with Gasteiger partial charge in [-0.3, -0.25) is 0 Å². The van der Waals surface area contributed by atoms with Crippen molar-refractivity contribution in [2.24, 2.45) is 5.92 Å². The highest BCUT2D eigenvalue weighted by Gasteiger charge is 2.19. The van der Waals surface area contributed by atoms with E-state index in [-0.39, 0.29) is 12.0 Å². The molecule has 0 heterocycles. The number of benzene rings is 1. The second kappa shape index (κ2) is 4.80. The summed E-state index contributed by atoms with van der Waals surface area (Å²) in [6.07, 6.45) is 1.11. The maximum absolute atomic E-state index is 9.32. The first-order valence-corrected chi connectivity index (χ1v) is 5.66. The number of rotatable bonds is 4. The number of aliphatic hydroxyl groups is 1. The van der Waals surface area contributed by atoms with Gasteiger partial charge in [-0.25, -0.2) is 0 Å². The van der Waals surface area contributed by atoms with E-state index in [1.165, 1.54) is 11.1 Å². The van der Waals surface area contributed by atoms with Crippen LogP contribution in [0.2, 0.25) is 0 Å². The van der Waals surface area contributed by atoms with Gasteiger partial charge in [0, 0.05) is 5.41 Å². The standard InChI is InChI=1S/C14H22O/c1-11(2)8-12-6-5-7-13(9-12)14(3,4)10-15/h5-7,9,11,15H,8,10H2,1-4H3. The van der Waals surface area contributed by atoms with E-state index >= 15 is 0 Å². The van der Waals surface area contributed by atoms with Crippen LogP contribution in [0.1, 0.15) is 38.8 Å². The topological polar surface area (TPSA) is 20.2 Å². The van der Waals surface area contributed by atoms with Gasteiger partial charge in [-0.05, 0) is 23.5 Å². The molecule has 0 saturated heterocycles. The third-order valence-corrected chi connectivity index (χ3v) is 2.75. The first-order chi connectivity index (χ1) is 6.95. The first kappa shape index (κ1) is 12.3. The van der Waals surface area contributed by atoms with Crippen molar-refractivity contribution < 1.29 is 5.11 Å². The molecule has 1 heteroatoms. The lowest BCUT2D eigenvalue weighted by molar-refractivity contribution is 0.218. The van der Waals surface area contributed by atoms with E-state index in [9.17, 15) is 5.11 Å². The Kier molecular flexibility index (Phi) is 3.92. The fourth-order valence-electron chi connectivity index (χ4n) is 1.68. The van der Waals surface area contributed by atoms with E-state index in [2.05, 4.69) is 52.0 Å². The molecule has 0 aromatic heterocycles. The highest BCUT2D eigenvalue weighted by atomic mass is 16.3. The Labute approximate surface area is 93.1 Å². The van der Waals surface area contributed by atoms with Gasteiger partial charge in [0.15, 0.2) is 0 Å². The van der Waals surface area contributed by atoms with Gasteiger partial charge in [-0.15, -0.1) is 0 Å². The molecule has 1 rings (SSSR count). The average Bonchev–Trinajstić information content (AvgIpc) is 2.17. The van der Waals surface area contributed by atoms with Gasteiger partial charge in [0.25, 0.3) is 0 Å². The van der Waals surface area contributed by atoms with Crippen molar-refractivity contribution in [1.29, 1.82) is 0 Å². The molecule has 0 unspecified atom stereocenters.